The molecule has 1 saturated heterocycles. The van der Waals surface area contributed by atoms with Gasteiger partial charge in [0, 0.05) is 62.6 Å². The van der Waals surface area contributed by atoms with Gasteiger partial charge in [-0.1, -0.05) is 6.92 Å². The molecule has 4 aromatic heterocycles. The highest BCUT2D eigenvalue weighted by molar-refractivity contribution is 5.90. The van der Waals surface area contributed by atoms with Gasteiger partial charge in [-0.3, -0.25) is 19.7 Å². The van der Waals surface area contributed by atoms with Crippen molar-refractivity contribution < 1.29 is 0 Å². The number of rotatable bonds is 5. The quantitative estimate of drug-likeness (QED) is 0.490. The lowest BCUT2D eigenvalue weighted by atomic mass is 10.1. The lowest BCUT2D eigenvalue weighted by Gasteiger charge is -2.36. The molecule has 0 spiro atoms. The predicted octanol–water partition coefficient (Wildman–Crippen LogP) is 3.10. The van der Waals surface area contributed by atoms with Crippen molar-refractivity contribution in [2.75, 3.05) is 43.4 Å². The van der Waals surface area contributed by atoms with E-state index in [-0.39, 0.29) is 5.56 Å². The first-order valence-electron chi connectivity index (χ1n) is 11.5. The molecule has 1 aliphatic heterocycles. The Hall–Kier alpha value is -3.52. The minimum Gasteiger partial charge on any atom is -0.371 e. The summed E-state index contributed by atoms with van der Waals surface area (Å²) < 4.78 is 0. The van der Waals surface area contributed by atoms with Gasteiger partial charge in [-0.15, -0.1) is 0 Å². The fourth-order valence-electron chi connectivity index (χ4n) is 4.55. The zero-order valence-corrected chi connectivity index (χ0v) is 19.4. The van der Waals surface area contributed by atoms with Gasteiger partial charge in [0.15, 0.2) is 5.82 Å². The Morgan fingerprint density at radius 1 is 1.06 bits per heavy atom. The number of nitrogens with zero attached hydrogens (tertiary/aromatic N) is 5. The number of fused-ring (bicyclic) bond motifs is 2. The number of aryl methyl sites for hydroxylation is 2. The van der Waals surface area contributed by atoms with Gasteiger partial charge in [0.1, 0.15) is 5.52 Å². The second-order valence-electron chi connectivity index (χ2n) is 8.64. The summed E-state index contributed by atoms with van der Waals surface area (Å²) in [4.78, 5) is 33.8. The Balaban J connectivity index is 1.28. The maximum Gasteiger partial charge on any atom is 0.251 e. The standard InChI is InChI=1S/C25H29N7O/c1-4-18-12-21-22(30-25(18)33)10-17(13-27-21)15-31-5-7-32(8-6-31)20-11-19-9-16(2)29-24(26-3)23(19)28-14-20/h9-14H,4-8,15H2,1-3H3,(H,26,29)(H,30,33). The summed E-state index contributed by atoms with van der Waals surface area (Å²) in [6, 6.07) is 8.25. The molecule has 0 amide bonds. The molecule has 8 nitrogen and oxygen atoms in total. The zero-order chi connectivity index (χ0) is 22.9. The first-order valence-corrected chi connectivity index (χ1v) is 11.5. The van der Waals surface area contributed by atoms with Crippen LogP contribution in [0.4, 0.5) is 11.5 Å². The number of nitrogens with one attached hydrogen (secondary N) is 2. The summed E-state index contributed by atoms with van der Waals surface area (Å²) in [6.07, 6.45) is 4.58. The van der Waals surface area contributed by atoms with Crippen molar-refractivity contribution in [2.45, 2.75) is 26.8 Å². The molecule has 33 heavy (non-hydrogen) atoms. The van der Waals surface area contributed by atoms with Gasteiger partial charge >= 0.3 is 0 Å². The van der Waals surface area contributed by atoms with Gasteiger partial charge in [0.25, 0.3) is 5.56 Å². The topological polar surface area (TPSA) is 90.0 Å². The third-order valence-corrected chi connectivity index (χ3v) is 6.37. The third kappa shape index (κ3) is 4.26. The molecule has 5 heterocycles. The molecule has 0 bridgehead atoms. The van der Waals surface area contributed by atoms with Crippen molar-refractivity contribution in [3.63, 3.8) is 0 Å². The Bertz CT molecular complexity index is 1370. The predicted molar refractivity (Wildman–Crippen MR) is 133 cm³/mol. The molecule has 8 heteroatoms. The highest BCUT2D eigenvalue weighted by Gasteiger charge is 2.19. The normalized spacial score (nSPS) is 14.8. The van der Waals surface area contributed by atoms with Gasteiger partial charge in [-0.2, -0.15) is 0 Å². The van der Waals surface area contributed by atoms with Crippen LogP contribution >= 0.6 is 0 Å². The van der Waals surface area contributed by atoms with Gasteiger partial charge in [-0.05, 0) is 43.2 Å². The van der Waals surface area contributed by atoms with Crippen LogP contribution in [0.2, 0.25) is 0 Å². The molecule has 0 atom stereocenters. The van der Waals surface area contributed by atoms with Crippen molar-refractivity contribution in [3.05, 3.63) is 63.8 Å². The Morgan fingerprint density at radius 2 is 1.88 bits per heavy atom. The summed E-state index contributed by atoms with van der Waals surface area (Å²) in [7, 11) is 1.88. The Labute approximate surface area is 192 Å². The monoisotopic (exact) mass is 443 g/mol. The molecular weight excluding hydrogens is 414 g/mol. The number of hydrogen-bond acceptors (Lipinski definition) is 7. The smallest absolute Gasteiger partial charge is 0.251 e. The molecule has 0 unspecified atom stereocenters. The maximum atomic E-state index is 12.2. The Kier molecular flexibility index (Phi) is 5.68. The summed E-state index contributed by atoms with van der Waals surface area (Å²) >= 11 is 0. The average molecular weight is 444 g/mol. The molecular formula is C25H29N7O. The van der Waals surface area contributed by atoms with Gasteiger partial charge in [0.2, 0.25) is 0 Å². The van der Waals surface area contributed by atoms with Gasteiger partial charge in [-0.25, -0.2) is 4.98 Å². The second-order valence-corrected chi connectivity index (χ2v) is 8.64. The summed E-state index contributed by atoms with van der Waals surface area (Å²) in [5.41, 5.74) is 6.55. The van der Waals surface area contributed by atoms with Crippen LogP contribution in [0.5, 0.6) is 0 Å². The fourth-order valence-corrected chi connectivity index (χ4v) is 4.55. The fraction of sp³-hybridized carbons (Fsp3) is 0.360. The van der Waals surface area contributed by atoms with Crippen molar-refractivity contribution in [1.29, 1.82) is 0 Å². The molecule has 1 aliphatic rings. The first kappa shape index (κ1) is 21.3. The first-order chi connectivity index (χ1) is 16.0. The van der Waals surface area contributed by atoms with Crippen LogP contribution in [-0.4, -0.2) is 58.1 Å². The summed E-state index contributed by atoms with van der Waals surface area (Å²) in [5, 5.41) is 4.25. The van der Waals surface area contributed by atoms with Crippen LogP contribution in [0.1, 0.15) is 23.7 Å². The molecule has 0 aromatic carbocycles. The summed E-state index contributed by atoms with van der Waals surface area (Å²) in [5.74, 6) is 0.817. The van der Waals surface area contributed by atoms with Crippen molar-refractivity contribution >= 4 is 33.4 Å². The van der Waals surface area contributed by atoms with Crippen LogP contribution in [0, 0.1) is 6.92 Å². The number of hydrogen-bond donors (Lipinski definition) is 2. The van der Waals surface area contributed by atoms with Crippen molar-refractivity contribution in [2.24, 2.45) is 0 Å². The summed E-state index contributed by atoms with van der Waals surface area (Å²) in [6.45, 7) is 8.60. The van der Waals surface area contributed by atoms with Crippen LogP contribution in [0.25, 0.3) is 21.9 Å². The Morgan fingerprint density at radius 3 is 2.64 bits per heavy atom. The average Bonchev–Trinajstić information content (AvgIpc) is 2.83. The number of aromatic amines is 1. The van der Waals surface area contributed by atoms with Crippen LogP contribution in [0.3, 0.4) is 0 Å². The maximum absolute atomic E-state index is 12.2. The largest absolute Gasteiger partial charge is 0.371 e. The van der Waals surface area contributed by atoms with E-state index in [9.17, 15) is 4.79 Å². The van der Waals surface area contributed by atoms with E-state index >= 15 is 0 Å². The van der Waals surface area contributed by atoms with E-state index < -0.39 is 0 Å². The number of piperazine rings is 1. The van der Waals surface area contributed by atoms with E-state index in [1.807, 2.05) is 39.4 Å². The van der Waals surface area contributed by atoms with E-state index in [1.165, 1.54) is 0 Å². The molecule has 170 valence electrons. The molecule has 0 radical (unpaired) electrons. The minimum atomic E-state index is -0.0191. The van der Waals surface area contributed by atoms with Crippen LogP contribution in [-0.2, 0) is 13.0 Å². The lowest BCUT2D eigenvalue weighted by molar-refractivity contribution is 0.249. The molecule has 5 rings (SSSR count). The minimum absolute atomic E-state index is 0.0191. The van der Waals surface area contributed by atoms with Crippen molar-refractivity contribution in [3.8, 4) is 0 Å². The van der Waals surface area contributed by atoms with Crippen LogP contribution < -0.4 is 15.8 Å². The molecule has 4 aromatic rings. The van der Waals surface area contributed by atoms with Crippen molar-refractivity contribution in [1.82, 2.24) is 24.8 Å². The number of aromatic nitrogens is 4. The number of pyridine rings is 4. The van der Waals surface area contributed by atoms with Gasteiger partial charge < -0.3 is 15.2 Å². The highest BCUT2D eigenvalue weighted by Crippen LogP contribution is 2.26. The molecule has 0 aliphatic carbocycles. The SMILES string of the molecule is CCc1cc2ncc(CN3CCN(c4cnc5c(NC)nc(C)cc5c4)CC3)cc2[nH]c1=O. The number of anilines is 2. The van der Waals surface area contributed by atoms with E-state index in [0.717, 1.165) is 83.0 Å². The number of H-pyrrole nitrogens is 1. The third-order valence-electron chi connectivity index (χ3n) is 6.37. The molecule has 1 fully saturated rings. The van der Waals surface area contributed by atoms with E-state index in [4.69, 9.17) is 0 Å². The lowest BCUT2D eigenvalue weighted by Crippen LogP contribution is -2.46. The van der Waals surface area contributed by atoms with E-state index in [1.54, 1.807) is 0 Å². The molecule has 2 N–H and O–H groups in total. The second kappa shape index (κ2) is 8.78. The van der Waals surface area contributed by atoms with Gasteiger partial charge in [0.05, 0.1) is 22.9 Å². The molecule has 0 saturated carbocycles. The zero-order valence-electron chi connectivity index (χ0n) is 19.4. The van der Waals surface area contributed by atoms with E-state index in [0.29, 0.717) is 6.42 Å². The van der Waals surface area contributed by atoms with E-state index in [2.05, 4.69) is 53.3 Å². The highest BCUT2D eigenvalue weighted by atomic mass is 16.1. The van der Waals surface area contributed by atoms with Crippen LogP contribution in [0.15, 0.2) is 41.5 Å².